The van der Waals surface area contributed by atoms with E-state index in [0.29, 0.717) is 11.5 Å². The molecule has 0 N–H and O–H groups in total. The molecule has 0 aromatic heterocycles. The van der Waals surface area contributed by atoms with Crippen LogP contribution < -0.4 is 9.47 Å². The number of carbonyl (C=O) groups excluding carboxylic acids is 1. The summed E-state index contributed by atoms with van der Waals surface area (Å²) in [4.78, 5) is 13.6. The molecular formula is C16H21NO5S. The fourth-order valence-corrected chi connectivity index (χ4v) is 3.31. The summed E-state index contributed by atoms with van der Waals surface area (Å²) in [7, 11) is -1.52. The van der Waals surface area contributed by atoms with Gasteiger partial charge in [0.1, 0.15) is 0 Å². The number of hydrogen-bond donors (Lipinski definition) is 0. The van der Waals surface area contributed by atoms with Gasteiger partial charge in [0.05, 0.1) is 5.75 Å². The molecule has 1 aliphatic rings. The van der Waals surface area contributed by atoms with Crippen LogP contribution in [0.25, 0.3) is 6.08 Å². The van der Waals surface area contributed by atoms with Crippen LogP contribution >= 0.6 is 0 Å². The molecule has 1 aromatic carbocycles. The zero-order valence-corrected chi connectivity index (χ0v) is 14.3. The maximum Gasteiger partial charge on any atom is 0.246 e. The molecule has 23 heavy (non-hydrogen) atoms. The Morgan fingerprint density at radius 3 is 2.74 bits per heavy atom. The van der Waals surface area contributed by atoms with E-state index in [-0.39, 0.29) is 30.2 Å². The highest BCUT2D eigenvalue weighted by molar-refractivity contribution is 7.91. The molecule has 1 heterocycles. The third kappa shape index (κ3) is 4.48. The molecular weight excluding hydrogens is 318 g/mol. The molecule has 1 atom stereocenters. The van der Waals surface area contributed by atoms with E-state index >= 15 is 0 Å². The summed E-state index contributed by atoms with van der Waals surface area (Å²) in [6.07, 6.45) is 3.09. The lowest BCUT2D eigenvalue weighted by atomic mass is 10.2. The molecule has 0 saturated carbocycles. The predicted octanol–water partition coefficient (Wildman–Crippen LogP) is 1.71. The van der Waals surface area contributed by atoms with Crippen molar-refractivity contribution in [3.05, 3.63) is 29.8 Å². The van der Waals surface area contributed by atoms with Crippen molar-refractivity contribution in [3.63, 3.8) is 0 Å². The third-order valence-corrected chi connectivity index (χ3v) is 5.63. The molecule has 126 valence electrons. The highest BCUT2D eigenvalue weighted by Gasteiger charge is 2.20. The molecule has 0 fully saturated rings. The van der Waals surface area contributed by atoms with Gasteiger partial charge in [-0.15, -0.1) is 0 Å². The topological polar surface area (TPSA) is 72.9 Å². The van der Waals surface area contributed by atoms with Crippen LogP contribution in [0.15, 0.2) is 24.3 Å². The van der Waals surface area contributed by atoms with E-state index in [4.69, 9.17) is 9.47 Å². The Hall–Kier alpha value is -2.02. The monoisotopic (exact) mass is 339 g/mol. The van der Waals surface area contributed by atoms with E-state index in [1.807, 2.05) is 6.07 Å². The van der Waals surface area contributed by atoms with Crippen molar-refractivity contribution in [2.75, 3.05) is 25.3 Å². The molecule has 0 spiro atoms. The minimum absolute atomic E-state index is 0.0381. The fourth-order valence-electron chi connectivity index (χ4n) is 2.12. The van der Waals surface area contributed by atoms with E-state index < -0.39 is 9.84 Å². The second kappa shape index (κ2) is 7.04. The number of rotatable bonds is 6. The van der Waals surface area contributed by atoms with Crippen LogP contribution in [0.4, 0.5) is 0 Å². The van der Waals surface area contributed by atoms with Gasteiger partial charge in [0.25, 0.3) is 0 Å². The van der Waals surface area contributed by atoms with Gasteiger partial charge in [-0.1, -0.05) is 13.0 Å². The molecule has 0 saturated heterocycles. The average Bonchev–Trinajstić information content (AvgIpc) is 2.99. The summed E-state index contributed by atoms with van der Waals surface area (Å²) in [5.41, 5.74) is 0.810. The third-order valence-electron chi connectivity index (χ3n) is 3.76. The molecule has 1 aromatic rings. The summed E-state index contributed by atoms with van der Waals surface area (Å²) in [6, 6.07) is 5.01. The maximum absolute atomic E-state index is 12.2. The van der Waals surface area contributed by atoms with Gasteiger partial charge >= 0.3 is 0 Å². The molecule has 0 unspecified atom stereocenters. The number of hydrogen-bond acceptors (Lipinski definition) is 5. The van der Waals surface area contributed by atoms with Crippen LogP contribution in [-0.2, 0) is 14.6 Å². The Bertz CT molecular complexity index is 711. The number of amides is 1. The van der Waals surface area contributed by atoms with Crippen molar-refractivity contribution < 1.29 is 22.7 Å². The van der Waals surface area contributed by atoms with Gasteiger partial charge in [0.15, 0.2) is 21.3 Å². The summed E-state index contributed by atoms with van der Waals surface area (Å²) in [5.74, 6) is 1.12. The molecule has 0 radical (unpaired) electrons. The minimum atomic E-state index is -3.12. The lowest BCUT2D eigenvalue weighted by Crippen LogP contribution is -2.38. The number of benzene rings is 1. The second-order valence-electron chi connectivity index (χ2n) is 5.44. The standard InChI is InChI=1S/C16H21NO5S/c1-4-23(19,20)10-12(2)17(3)16(18)8-6-13-5-7-14-15(9-13)22-11-21-14/h5-9,12H,4,10-11H2,1-3H3/b8-6-/t12-/m0/s1. The molecule has 6 nitrogen and oxygen atoms in total. The first kappa shape index (κ1) is 17.3. The van der Waals surface area contributed by atoms with Crippen LogP contribution in [0.2, 0.25) is 0 Å². The van der Waals surface area contributed by atoms with Gasteiger partial charge < -0.3 is 14.4 Å². The van der Waals surface area contributed by atoms with Crippen molar-refractivity contribution in [2.45, 2.75) is 19.9 Å². The molecule has 1 aliphatic heterocycles. The Kier molecular flexibility index (Phi) is 5.30. The van der Waals surface area contributed by atoms with Crippen LogP contribution in [0.3, 0.4) is 0 Å². The first-order valence-corrected chi connectivity index (χ1v) is 9.19. The van der Waals surface area contributed by atoms with Crippen LogP contribution in [0.1, 0.15) is 19.4 Å². The quantitative estimate of drug-likeness (QED) is 0.738. The number of ether oxygens (including phenoxy) is 2. The van der Waals surface area contributed by atoms with Gasteiger partial charge in [-0.05, 0) is 30.7 Å². The van der Waals surface area contributed by atoms with Crippen LogP contribution in [0.5, 0.6) is 11.5 Å². The Balaban J connectivity index is 2.00. The van der Waals surface area contributed by atoms with Crippen molar-refractivity contribution in [1.82, 2.24) is 4.90 Å². The van der Waals surface area contributed by atoms with Crippen molar-refractivity contribution in [1.29, 1.82) is 0 Å². The molecule has 2 rings (SSSR count). The van der Waals surface area contributed by atoms with Gasteiger partial charge in [0.2, 0.25) is 12.7 Å². The molecule has 7 heteroatoms. The lowest BCUT2D eigenvalue weighted by Gasteiger charge is -2.23. The fraction of sp³-hybridized carbons (Fsp3) is 0.438. The van der Waals surface area contributed by atoms with E-state index in [1.165, 1.54) is 11.0 Å². The SMILES string of the molecule is CCS(=O)(=O)C[C@H](C)N(C)C(=O)/C=C\c1ccc2c(c1)OCO2. The summed E-state index contributed by atoms with van der Waals surface area (Å²) in [5, 5.41) is 0. The van der Waals surface area contributed by atoms with Gasteiger partial charge in [-0.25, -0.2) is 8.42 Å². The van der Waals surface area contributed by atoms with Crippen molar-refractivity contribution >= 4 is 21.8 Å². The van der Waals surface area contributed by atoms with Crippen LogP contribution in [0, 0.1) is 0 Å². The smallest absolute Gasteiger partial charge is 0.246 e. The van der Waals surface area contributed by atoms with E-state index in [9.17, 15) is 13.2 Å². The van der Waals surface area contributed by atoms with E-state index in [1.54, 1.807) is 39.1 Å². The predicted molar refractivity (Wildman–Crippen MR) is 88.2 cm³/mol. The Labute approximate surface area is 136 Å². The van der Waals surface area contributed by atoms with E-state index in [2.05, 4.69) is 0 Å². The summed E-state index contributed by atoms with van der Waals surface area (Å²) >= 11 is 0. The van der Waals surface area contributed by atoms with E-state index in [0.717, 1.165) is 5.56 Å². The number of sulfone groups is 1. The number of likely N-dealkylation sites (N-methyl/N-ethyl adjacent to an activating group) is 1. The lowest BCUT2D eigenvalue weighted by molar-refractivity contribution is -0.126. The summed E-state index contributed by atoms with van der Waals surface area (Å²) < 4.78 is 33.8. The molecule has 0 bridgehead atoms. The normalized spacial score (nSPS) is 14.9. The number of nitrogens with zero attached hydrogens (tertiary/aromatic N) is 1. The Morgan fingerprint density at radius 1 is 1.35 bits per heavy atom. The number of fused-ring (bicyclic) bond motifs is 1. The van der Waals surface area contributed by atoms with Gasteiger partial charge in [-0.3, -0.25) is 4.79 Å². The summed E-state index contributed by atoms with van der Waals surface area (Å²) in [6.45, 7) is 3.52. The Morgan fingerprint density at radius 2 is 2.04 bits per heavy atom. The first-order valence-electron chi connectivity index (χ1n) is 7.37. The van der Waals surface area contributed by atoms with Crippen LogP contribution in [-0.4, -0.2) is 50.6 Å². The second-order valence-corrected chi connectivity index (χ2v) is 7.84. The maximum atomic E-state index is 12.2. The highest BCUT2D eigenvalue weighted by Crippen LogP contribution is 2.32. The van der Waals surface area contributed by atoms with Crippen molar-refractivity contribution in [3.8, 4) is 11.5 Å². The first-order chi connectivity index (χ1) is 10.8. The zero-order chi connectivity index (χ0) is 17.0. The average molecular weight is 339 g/mol. The zero-order valence-electron chi connectivity index (χ0n) is 13.5. The van der Waals surface area contributed by atoms with Gasteiger partial charge in [0, 0.05) is 24.9 Å². The minimum Gasteiger partial charge on any atom is -0.454 e. The van der Waals surface area contributed by atoms with Crippen molar-refractivity contribution in [2.24, 2.45) is 0 Å². The largest absolute Gasteiger partial charge is 0.454 e. The molecule has 0 aliphatic carbocycles. The number of carbonyl (C=O) groups is 1. The van der Waals surface area contributed by atoms with Gasteiger partial charge in [-0.2, -0.15) is 0 Å². The molecule has 1 amide bonds. The highest BCUT2D eigenvalue weighted by atomic mass is 32.2.